The Balaban J connectivity index is 2.58. The Bertz CT molecular complexity index is 687. The fourth-order valence-electron chi connectivity index (χ4n) is 2.16. The topological polar surface area (TPSA) is 81.7 Å². The molecule has 1 aromatic rings. The van der Waals surface area contributed by atoms with Gasteiger partial charge in [0.1, 0.15) is 12.2 Å². The number of Topliss-reactive ketones (excluding diaryl/α,β-unsaturated/α-hetero) is 1. The summed E-state index contributed by atoms with van der Waals surface area (Å²) >= 11 is 0. The van der Waals surface area contributed by atoms with Gasteiger partial charge < -0.3 is 9.47 Å². The molecule has 0 atom stereocenters. The lowest BCUT2D eigenvalue weighted by Crippen LogP contribution is -2.34. The third-order valence-corrected chi connectivity index (χ3v) is 3.53. The zero-order chi connectivity index (χ0) is 21.2. The van der Waals surface area contributed by atoms with Crippen molar-refractivity contribution in [3.8, 4) is 0 Å². The van der Waals surface area contributed by atoms with Crippen LogP contribution in [0.5, 0.6) is 0 Å². The highest BCUT2D eigenvalue weighted by Crippen LogP contribution is 2.11. The number of hydrogen-bond acceptors (Lipinski definition) is 5. The lowest BCUT2D eigenvalue weighted by molar-refractivity contribution is -0.145. The van der Waals surface area contributed by atoms with Crippen molar-refractivity contribution < 1.29 is 23.9 Å². The normalized spacial score (nSPS) is 11.9. The molecule has 1 N–H and O–H groups in total. The first kappa shape index (κ1) is 23.4. The summed E-state index contributed by atoms with van der Waals surface area (Å²) in [5.41, 5.74) is 0.363. The fraction of sp³-hybridized carbons (Fsp3) is 0.500. The molecule has 154 valence electrons. The maximum atomic E-state index is 12.5. The Morgan fingerprint density at radius 2 is 1.71 bits per heavy atom. The molecule has 1 rings (SSSR count). The van der Waals surface area contributed by atoms with Crippen molar-refractivity contribution in [2.24, 2.45) is 5.92 Å². The summed E-state index contributed by atoms with van der Waals surface area (Å²) in [7, 11) is 0. The second-order valence-electron chi connectivity index (χ2n) is 7.94. The molecule has 0 fully saturated rings. The fourth-order valence-corrected chi connectivity index (χ4v) is 2.16. The molecule has 0 heterocycles. The second kappa shape index (κ2) is 11.3. The van der Waals surface area contributed by atoms with Crippen molar-refractivity contribution in [2.45, 2.75) is 66.1 Å². The predicted molar refractivity (Wildman–Crippen MR) is 107 cm³/mol. The van der Waals surface area contributed by atoms with Gasteiger partial charge in [-0.2, -0.15) is 0 Å². The molecule has 0 saturated heterocycles. The Labute approximate surface area is 167 Å². The summed E-state index contributed by atoms with van der Waals surface area (Å²) < 4.78 is 10.4. The zero-order valence-electron chi connectivity index (χ0n) is 17.4. The van der Waals surface area contributed by atoms with Crippen LogP contribution in [-0.4, -0.2) is 23.4 Å². The van der Waals surface area contributed by atoms with E-state index in [1.807, 2.05) is 44.2 Å². The second-order valence-corrected chi connectivity index (χ2v) is 7.94. The van der Waals surface area contributed by atoms with Crippen LogP contribution in [0.2, 0.25) is 0 Å². The highest BCUT2D eigenvalue weighted by Gasteiger charge is 2.20. The largest absolute Gasteiger partial charge is 0.461 e. The van der Waals surface area contributed by atoms with E-state index >= 15 is 0 Å². The summed E-state index contributed by atoms with van der Waals surface area (Å²) in [6.45, 7) is 9.41. The standard InChI is InChI=1S/C22H31NO5/c1-16(2)11-12-18(23-21(26)28-22(3,4)5)19(24)13-14-20(25)27-15-17-9-7-6-8-10-17/h6-10,12,16H,11,13-15H2,1-5H3,(H,23,26)/b18-12+. The molecule has 0 aliphatic carbocycles. The Hall–Kier alpha value is -2.63. The summed E-state index contributed by atoms with van der Waals surface area (Å²) in [5, 5.41) is 2.51. The Morgan fingerprint density at radius 3 is 2.29 bits per heavy atom. The number of rotatable bonds is 9. The van der Waals surface area contributed by atoms with Crippen molar-refractivity contribution in [2.75, 3.05) is 0 Å². The summed E-state index contributed by atoms with van der Waals surface area (Å²) in [6, 6.07) is 9.32. The van der Waals surface area contributed by atoms with Crippen LogP contribution in [0.15, 0.2) is 42.1 Å². The van der Waals surface area contributed by atoms with Crippen molar-refractivity contribution in [1.29, 1.82) is 0 Å². The van der Waals surface area contributed by atoms with E-state index in [9.17, 15) is 14.4 Å². The van der Waals surface area contributed by atoms with Gasteiger partial charge in [-0.25, -0.2) is 4.79 Å². The van der Waals surface area contributed by atoms with E-state index < -0.39 is 17.7 Å². The average molecular weight is 389 g/mol. The lowest BCUT2D eigenvalue weighted by atomic mass is 10.1. The molecule has 0 spiro atoms. The van der Waals surface area contributed by atoms with Crippen molar-refractivity contribution >= 4 is 17.8 Å². The Kier molecular flexibility index (Phi) is 9.42. The van der Waals surface area contributed by atoms with Crippen LogP contribution in [0.1, 0.15) is 59.4 Å². The quantitative estimate of drug-likeness (QED) is 0.495. The van der Waals surface area contributed by atoms with E-state index in [2.05, 4.69) is 5.32 Å². The molecule has 28 heavy (non-hydrogen) atoms. The van der Waals surface area contributed by atoms with Crippen LogP contribution in [0.25, 0.3) is 0 Å². The summed E-state index contributed by atoms with van der Waals surface area (Å²) in [6.07, 6.45) is 1.50. The average Bonchev–Trinajstić information content (AvgIpc) is 2.60. The van der Waals surface area contributed by atoms with Crippen molar-refractivity contribution in [3.63, 3.8) is 0 Å². The third kappa shape index (κ3) is 10.5. The number of ether oxygens (including phenoxy) is 2. The molecule has 1 amide bonds. The monoisotopic (exact) mass is 389 g/mol. The van der Waals surface area contributed by atoms with Gasteiger partial charge in [-0.1, -0.05) is 50.3 Å². The van der Waals surface area contributed by atoms with E-state index in [0.717, 1.165) is 5.56 Å². The van der Waals surface area contributed by atoms with Gasteiger partial charge in [0.15, 0.2) is 5.78 Å². The van der Waals surface area contributed by atoms with Crippen molar-refractivity contribution in [3.05, 3.63) is 47.7 Å². The minimum absolute atomic E-state index is 0.0483. The molecule has 6 nitrogen and oxygen atoms in total. The molecule has 0 aromatic heterocycles. The van der Waals surface area contributed by atoms with E-state index in [0.29, 0.717) is 12.3 Å². The van der Waals surface area contributed by atoms with Gasteiger partial charge in [0.05, 0.1) is 12.1 Å². The van der Waals surface area contributed by atoms with Gasteiger partial charge in [-0.15, -0.1) is 0 Å². The Morgan fingerprint density at radius 1 is 1.07 bits per heavy atom. The number of allylic oxidation sites excluding steroid dienone is 2. The molecule has 1 aromatic carbocycles. The molecule has 0 aliphatic rings. The summed E-state index contributed by atoms with van der Waals surface area (Å²) in [5.74, 6) is -0.472. The van der Waals surface area contributed by atoms with Gasteiger partial charge in [0.25, 0.3) is 0 Å². The van der Waals surface area contributed by atoms with Crippen LogP contribution >= 0.6 is 0 Å². The SMILES string of the molecule is CC(C)C/C=C(/NC(=O)OC(C)(C)C)C(=O)CCC(=O)OCc1ccccc1. The smallest absolute Gasteiger partial charge is 0.412 e. The van der Waals surface area contributed by atoms with Gasteiger partial charge in [-0.3, -0.25) is 14.9 Å². The number of nitrogens with one attached hydrogen (secondary N) is 1. The number of ketones is 1. The predicted octanol–water partition coefficient (Wildman–Crippen LogP) is 4.53. The van der Waals surface area contributed by atoms with Gasteiger partial charge in [0, 0.05) is 6.42 Å². The van der Waals surface area contributed by atoms with Crippen LogP contribution in [-0.2, 0) is 25.7 Å². The molecular formula is C22H31NO5. The van der Waals surface area contributed by atoms with E-state index in [4.69, 9.17) is 9.47 Å². The third-order valence-electron chi connectivity index (χ3n) is 3.53. The number of carbonyl (C=O) groups excluding carboxylic acids is 3. The first-order valence-electron chi connectivity index (χ1n) is 9.49. The van der Waals surface area contributed by atoms with E-state index in [1.54, 1.807) is 26.8 Å². The molecule has 0 bridgehead atoms. The van der Waals surface area contributed by atoms with Crippen LogP contribution in [0.3, 0.4) is 0 Å². The van der Waals surface area contributed by atoms with Crippen LogP contribution in [0, 0.1) is 5.92 Å². The van der Waals surface area contributed by atoms with Gasteiger partial charge in [-0.05, 0) is 38.7 Å². The number of esters is 1. The highest BCUT2D eigenvalue weighted by atomic mass is 16.6. The highest BCUT2D eigenvalue weighted by molar-refractivity contribution is 5.99. The molecule has 0 aliphatic heterocycles. The van der Waals surface area contributed by atoms with Gasteiger partial charge in [0.2, 0.25) is 0 Å². The molecular weight excluding hydrogens is 358 g/mol. The first-order chi connectivity index (χ1) is 13.1. The molecule has 6 heteroatoms. The maximum absolute atomic E-state index is 12.5. The molecule has 0 unspecified atom stereocenters. The number of benzene rings is 1. The molecule has 0 saturated carbocycles. The minimum Gasteiger partial charge on any atom is -0.461 e. The first-order valence-corrected chi connectivity index (χ1v) is 9.49. The maximum Gasteiger partial charge on any atom is 0.412 e. The minimum atomic E-state index is -0.692. The van der Waals surface area contributed by atoms with Crippen molar-refractivity contribution in [1.82, 2.24) is 5.32 Å². The molecule has 0 radical (unpaired) electrons. The number of carbonyl (C=O) groups is 3. The number of alkyl carbamates (subject to hydrolysis) is 1. The van der Waals surface area contributed by atoms with Crippen LogP contribution < -0.4 is 5.32 Å². The van der Waals surface area contributed by atoms with E-state index in [-0.39, 0.29) is 30.9 Å². The number of amides is 1. The van der Waals surface area contributed by atoms with E-state index in [1.165, 1.54) is 0 Å². The van der Waals surface area contributed by atoms with Gasteiger partial charge >= 0.3 is 12.1 Å². The zero-order valence-corrected chi connectivity index (χ0v) is 17.4. The van der Waals surface area contributed by atoms with Crippen LogP contribution in [0.4, 0.5) is 4.79 Å². The lowest BCUT2D eigenvalue weighted by Gasteiger charge is -2.20. The number of hydrogen-bond donors (Lipinski definition) is 1. The summed E-state index contributed by atoms with van der Waals surface area (Å²) in [4.78, 5) is 36.4.